The molecular formula is C18H17ClIN6O2S+. The van der Waals surface area contributed by atoms with Crippen molar-refractivity contribution >= 4 is 36.9 Å². The predicted molar refractivity (Wildman–Crippen MR) is 104 cm³/mol. The van der Waals surface area contributed by atoms with Gasteiger partial charge >= 0.3 is 183 Å². The summed E-state index contributed by atoms with van der Waals surface area (Å²) in [6.07, 6.45) is 12.6. The van der Waals surface area contributed by atoms with Gasteiger partial charge in [-0.15, -0.1) is 0 Å². The fourth-order valence-corrected chi connectivity index (χ4v) is 8.00. The molecule has 0 unspecified atom stereocenters. The second-order valence-corrected chi connectivity index (χ2v) is 12.6. The molecule has 29 heavy (non-hydrogen) atoms. The monoisotopic (exact) mass is 543 g/mol. The fraction of sp³-hybridized carbons (Fsp3) is 0.167. The van der Waals surface area contributed by atoms with Crippen LogP contribution in [-0.4, -0.2) is 28.2 Å². The van der Waals surface area contributed by atoms with Crippen molar-refractivity contribution in [3.8, 4) is 0 Å². The molecule has 1 fully saturated rings. The van der Waals surface area contributed by atoms with Gasteiger partial charge in [-0.3, -0.25) is 0 Å². The predicted octanol–water partition coefficient (Wildman–Crippen LogP) is -2.53. The summed E-state index contributed by atoms with van der Waals surface area (Å²) in [6, 6.07) is 3.38. The van der Waals surface area contributed by atoms with Gasteiger partial charge in [-0.2, -0.15) is 0 Å². The van der Waals surface area contributed by atoms with Gasteiger partial charge in [-0.1, -0.05) is 0 Å². The Morgan fingerprint density at radius 1 is 1.24 bits per heavy atom. The van der Waals surface area contributed by atoms with E-state index < -0.39 is 31.2 Å². The standard InChI is InChI=1S/C18H15ClIN6O2S/c19-12-10-21-18(23-17(12)22-16-9-14(24-25-16)11-3-4-11)13-5-6-15(20-13)29(27,28)26-7-1-2-8-26/h1-2,5-11H,3-4H2,(H2,21,22,23,24,25)/q-1/p+2. The van der Waals surface area contributed by atoms with Crippen LogP contribution in [0.3, 0.4) is 0 Å². The number of halogens is 2. The van der Waals surface area contributed by atoms with Crippen LogP contribution in [0.5, 0.6) is 0 Å². The van der Waals surface area contributed by atoms with E-state index in [4.69, 9.17) is 11.6 Å². The Morgan fingerprint density at radius 2 is 2.03 bits per heavy atom. The summed E-state index contributed by atoms with van der Waals surface area (Å²) in [5.74, 6) is 2.56. The molecule has 0 atom stereocenters. The minimum absolute atomic E-state index is 0.415. The van der Waals surface area contributed by atoms with Crippen LogP contribution >= 0.6 is 11.6 Å². The first kappa shape index (κ1) is 19.1. The molecule has 0 amide bonds. The van der Waals surface area contributed by atoms with Crippen molar-refractivity contribution in [1.29, 1.82) is 0 Å². The van der Waals surface area contributed by atoms with Gasteiger partial charge in [0.05, 0.1) is 0 Å². The molecule has 2 aromatic heterocycles. The molecule has 4 heterocycles. The van der Waals surface area contributed by atoms with E-state index in [1.807, 2.05) is 10.7 Å². The van der Waals surface area contributed by atoms with Gasteiger partial charge in [0, 0.05) is 0 Å². The Labute approximate surface area is 182 Å². The number of hydrogen-bond acceptors (Lipinski definition) is 5. The van der Waals surface area contributed by atoms with Gasteiger partial charge in [0.15, 0.2) is 0 Å². The topological polar surface area (TPSA) is 110 Å². The maximum absolute atomic E-state index is 12.7. The molecule has 8 nitrogen and oxygen atoms in total. The average molecular weight is 544 g/mol. The van der Waals surface area contributed by atoms with Crippen molar-refractivity contribution in [3.05, 3.63) is 68.4 Å². The van der Waals surface area contributed by atoms with Crippen LogP contribution in [0.4, 0.5) is 5.82 Å². The fourth-order valence-electron chi connectivity index (χ4n) is 2.98. The van der Waals surface area contributed by atoms with E-state index in [2.05, 4.69) is 21.1 Å². The van der Waals surface area contributed by atoms with Crippen molar-refractivity contribution in [1.82, 2.24) is 13.9 Å². The van der Waals surface area contributed by atoms with Gasteiger partial charge < -0.3 is 0 Å². The number of aromatic nitrogens is 3. The molecule has 1 saturated carbocycles. The van der Waals surface area contributed by atoms with Crippen LogP contribution in [0, 0.1) is 5.92 Å². The van der Waals surface area contributed by atoms with E-state index in [9.17, 15) is 8.42 Å². The third-order valence-corrected chi connectivity index (χ3v) is 10.9. The second kappa shape index (κ2) is 7.43. The van der Waals surface area contributed by atoms with Crippen molar-refractivity contribution in [2.75, 3.05) is 0 Å². The average Bonchev–Trinajstić information content (AvgIpc) is 3.14. The van der Waals surface area contributed by atoms with E-state index >= 15 is 0 Å². The normalized spacial score (nSPS) is 19.3. The molecule has 4 N–H and O–H groups in total. The molecule has 5 rings (SSSR count). The summed E-state index contributed by atoms with van der Waals surface area (Å²) in [6.45, 7) is 0. The number of rotatable bonds is 5. The van der Waals surface area contributed by atoms with Crippen LogP contribution in [-0.2, 0) is 10.0 Å². The van der Waals surface area contributed by atoms with Gasteiger partial charge in [0.25, 0.3) is 0 Å². The third kappa shape index (κ3) is 3.82. The Balaban J connectivity index is 1.33. The van der Waals surface area contributed by atoms with Crippen LogP contribution in [0.1, 0.15) is 18.7 Å². The first-order valence-corrected chi connectivity index (χ1v) is 12.9. The Morgan fingerprint density at radius 3 is 2.79 bits per heavy atom. The summed E-state index contributed by atoms with van der Waals surface area (Å²) in [5, 5.41) is 6.72. The number of allylic oxidation sites excluding steroid dienone is 3. The van der Waals surface area contributed by atoms with Crippen molar-refractivity contribution in [3.63, 3.8) is 0 Å². The molecular weight excluding hydrogens is 527 g/mol. The van der Waals surface area contributed by atoms with E-state index in [0.717, 1.165) is 9.42 Å². The van der Waals surface area contributed by atoms with Gasteiger partial charge in [-0.05, 0) is 0 Å². The summed E-state index contributed by atoms with van der Waals surface area (Å²) >= 11 is 5.37. The summed E-state index contributed by atoms with van der Waals surface area (Å²) in [4.78, 5) is 8.91. The summed E-state index contributed by atoms with van der Waals surface area (Å²) in [5.41, 5.74) is 3.17. The van der Waals surface area contributed by atoms with Crippen LogP contribution in [0.25, 0.3) is 3.58 Å². The summed E-state index contributed by atoms with van der Waals surface area (Å²) in [7, 11) is -3.53. The zero-order valence-corrected chi connectivity index (χ0v) is 18.8. The molecule has 1 aliphatic carbocycles. The molecule has 0 spiro atoms. The number of hydrogen-bond donors (Lipinski definition) is 2. The zero-order chi connectivity index (χ0) is 20.0. The Kier molecular flexibility index (Phi) is 4.90. The van der Waals surface area contributed by atoms with E-state index in [1.54, 1.807) is 30.5 Å². The molecule has 150 valence electrons. The quantitative estimate of drug-likeness (QED) is 0.320. The van der Waals surface area contributed by atoms with Gasteiger partial charge in [0.2, 0.25) is 0 Å². The van der Waals surface area contributed by atoms with Gasteiger partial charge in [-0.25, -0.2) is 0 Å². The SMILES string of the molecule is O=S(=O)(C1=CC=C(c2ncc(Cl)c([NH2+]C3=N[NH2+]C(C4CC4)=C3)n2)[I-]1)n1cccc1. The molecule has 0 saturated heterocycles. The van der Waals surface area contributed by atoms with E-state index in [-0.39, 0.29) is 0 Å². The molecule has 0 bridgehead atoms. The van der Waals surface area contributed by atoms with Crippen molar-refractivity contribution < 1.29 is 40.4 Å². The minimum atomic E-state index is -3.53. The number of quaternary nitrogens is 2. The van der Waals surface area contributed by atoms with Crippen LogP contribution in [0.15, 0.2) is 62.7 Å². The Hall–Kier alpha value is -1.86. The number of nitrogens with zero attached hydrogens (tertiary/aromatic N) is 4. The van der Waals surface area contributed by atoms with Crippen molar-refractivity contribution in [2.45, 2.75) is 12.8 Å². The second-order valence-electron chi connectivity index (χ2n) is 6.77. The molecule has 11 heteroatoms. The first-order chi connectivity index (χ1) is 14.0. The van der Waals surface area contributed by atoms with Crippen molar-refractivity contribution in [2.24, 2.45) is 11.0 Å². The molecule has 2 aromatic rings. The zero-order valence-electron chi connectivity index (χ0n) is 15.0. The molecule has 0 radical (unpaired) electrons. The van der Waals surface area contributed by atoms with Crippen LogP contribution in [0.2, 0.25) is 5.02 Å². The first-order valence-electron chi connectivity index (χ1n) is 8.96. The van der Waals surface area contributed by atoms with Crippen LogP contribution < -0.4 is 31.9 Å². The molecule has 2 aliphatic heterocycles. The number of nitrogens with two attached hydrogens (primary N) is 2. The Bertz CT molecular complexity index is 1210. The maximum atomic E-state index is 12.7. The van der Waals surface area contributed by atoms with E-state index in [1.165, 1.54) is 34.9 Å². The number of amidine groups is 1. The third-order valence-electron chi connectivity index (χ3n) is 4.65. The van der Waals surface area contributed by atoms with E-state index in [0.29, 0.717) is 25.5 Å². The molecule has 0 aromatic carbocycles. The molecule has 3 aliphatic rings. The van der Waals surface area contributed by atoms with Gasteiger partial charge in [0.1, 0.15) is 0 Å². The summed E-state index contributed by atoms with van der Waals surface area (Å²) < 4.78 is 27.9.